The summed E-state index contributed by atoms with van der Waals surface area (Å²) in [4.78, 5) is 33.6. The molecule has 2 bridgehead atoms. The van der Waals surface area contributed by atoms with Crippen LogP contribution >= 0.6 is 11.6 Å². The number of nitrogens with zero attached hydrogens (tertiary/aromatic N) is 4. The molecule has 322 valence electrons. The molecule has 2 saturated heterocycles. The van der Waals surface area contributed by atoms with E-state index in [-0.39, 0.29) is 56.2 Å². The molecular weight excluding hydrogens is 804 g/mol. The standard InChI is InChI=1S/C43H56ClF2N5O7S/c1-48-17-6-3-9-37(57-21-20-49-27-42(45,46)28-49)34-13-10-31(34)25-50-26-41(16-7-8-30-22-33(44)12-14-35(30)41)29-58-38-15-11-32(23-36(38)50)43(54,24-39(48)52)40(53)47-59(55,56)51-18-4-2-5-19-51/h3,9,11-12,14-15,22-23,31,34,37,54H,2,4-8,10,13,16-21,24-29H2,1H3,(H,47,53)/b9-3+/t31-,34+,37-,41-,43+/m0/s1. The van der Waals surface area contributed by atoms with E-state index in [0.29, 0.717) is 68.6 Å². The molecule has 12 nitrogen and oxygen atoms in total. The smallest absolute Gasteiger partial charge is 0.303 e. The summed E-state index contributed by atoms with van der Waals surface area (Å²) in [6.45, 7) is 2.51. The zero-order valence-corrected chi connectivity index (χ0v) is 35.3. The summed E-state index contributed by atoms with van der Waals surface area (Å²) in [6.07, 6.45) is 10.2. The van der Waals surface area contributed by atoms with Gasteiger partial charge in [-0.25, -0.2) is 13.5 Å². The van der Waals surface area contributed by atoms with E-state index < -0.39 is 45.4 Å². The Labute approximate surface area is 351 Å². The Bertz CT molecular complexity index is 2050. The van der Waals surface area contributed by atoms with Gasteiger partial charge in [-0.1, -0.05) is 42.3 Å². The summed E-state index contributed by atoms with van der Waals surface area (Å²) in [6, 6.07) is 11.0. The van der Waals surface area contributed by atoms with Crippen LogP contribution in [0.3, 0.4) is 0 Å². The molecule has 0 unspecified atom stereocenters. The molecule has 1 saturated carbocycles. The van der Waals surface area contributed by atoms with Crippen LogP contribution in [0.2, 0.25) is 5.02 Å². The summed E-state index contributed by atoms with van der Waals surface area (Å²) in [7, 11) is -2.73. The molecule has 0 aromatic heterocycles. The third-order valence-electron chi connectivity index (χ3n) is 13.5. The molecule has 6 aliphatic rings. The normalized spacial score (nSPS) is 30.9. The third-order valence-corrected chi connectivity index (χ3v) is 15.3. The summed E-state index contributed by atoms with van der Waals surface area (Å²) in [5, 5.41) is 13.2. The minimum atomic E-state index is -4.31. The number of nitrogens with one attached hydrogen (secondary N) is 1. The van der Waals surface area contributed by atoms with E-state index >= 15 is 0 Å². The first kappa shape index (κ1) is 42.4. The Morgan fingerprint density at radius 3 is 2.59 bits per heavy atom. The summed E-state index contributed by atoms with van der Waals surface area (Å²) in [5.74, 6) is -3.53. The fourth-order valence-electron chi connectivity index (χ4n) is 9.98. The van der Waals surface area contributed by atoms with E-state index in [1.807, 2.05) is 24.3 Å². The zero-order chi connectivity index (χ0) is 41.6. The predicted molar refractivity (Wildman–Crippen MR) is 220 cm³/mol. The van der Waals surface area contributed by atoms with E-state index in [1.165, 1.54) is 20.3 Å². The fraction of sp³-hybridized carbons (Fsp3) is 0.628. The van der Waals surface area contributed by atoms with Crippen molar-refractivity contribution in [2.75, 3.05) is 77.5 Å². The van der Waals surface area contributed by atoms with Gasteiger partial charge in [0.1, 0.15) is 5.75 Å². The average Bonchev–Trinajstić information content (AvgIpc) is 3.33. The van der Waals surface area contributed by atoms with Gasteiger partial charge < -0.3 is 24.4 Å². The molecule has 2 aromatic rings. The number of halogens is 3. The highest BCUT2D eigenvalue weighted by Gasteiger charge is 2.48. The van der Waals surface area contributed by atoms with Crippen molar-refractivity contribution < 1.29 is 41.4 Å². The lowest BCUT2D eigenvalue weighted by Gasteiger charge is -2.46. The van der Waals surface area contributed by atoms with E-state index in [0.717, 1.165) is 38.5 Å². The number of rotatable bonds is 7. The number of likely N-dealkylation sites (tertiary alicyclic amines) is 1. The number of carbonyl (C=O) groups excluding carboxylic acids is 2. The Kier molecular flexibility index (Phi) is 12.1. The van der Waals surface area contributed by atoms with Gasteiger partial charge in [-0.15, -0.1) is 0 Å². The maximum absolute atomic E-state index is 14.3. The van der Waals surface area contributed by atoms with Crippen LogP contribution in [0.25, 0.3) is 0 Å². The molecule has 8 rings (SSSR count). The molecule has 1 spiro atoms. The van der Waals surface area contributed by atoms with E-state index in [2.05, 4.69) is 15.7 Å². The highest BCUT2D eigenvalue weighted by Crippen LogP contribution is 2.48. The van der Waals surface area contributed by atoms with E-state index in [1.54, 1.807) is 30.1 Å². The average molecular weight is 860 g/mol. The minimum absolute atomic E-state index is 0.0830. The van der Waals surface area contributed by atoms with Gasteiger partial charge in [0.2, 0.25) is 5.91 Å². The van der Waals surface area contributed by atoms with Crippen molar-refractivity contribution in [2.24, 2.45) is 11.8 Å². The Morgan fingerprint density at radius 1 is 1.05 bits per heavy atom. The fourth-order valence-corrected chi connectivity index (χ4v) is 11.4. The molecule has 2 N–H and O–H groups in total. The van der Waals surface area contributed by atoms with Crippen LogP contribution in [0.1, 0.15) is 74.5 Å². The lowest BCUT2D eigenvalue weighted by atomic mass is 9.68. The molecule has 16 heteroatoms. The van der Waals surface area contributed by atoms with E-state index in [4.69, 9.17) is 21.1 Å². The molecule has 5 atom stereocenters. The van der Waals surface area contributed by atoms with Gasteiger partial charge in [-0.2, -0.15) is 12.7 Å². The molecule has 2 aromatic carbocycles. The van der Waals surface area contributed by atoms with Crippen molar-refractivity contribution >= 4 is 39.3 Å². The van der Waals surface area contributed by atoms with Crippen molar-refractivity contribution in [1.82, 2.24) is 18.8 Å². The maximum Gasteiger partial charge on any atom is 0.303 e. The number of ether oxygens (including phenoxy) is 2. The number of alkyl halides is 2. The van der Waals surface area contributed by atoms with Gasteiger partial charge in [0.05, 0.1) is 44.5 Å². The van der Waals surface area contributed by atoms with Crippen molar-refractivity contribution in [3.8, 4) is 5.75 Å². The largest absolute Gasteiger partial charge is 0.490 e. The van der Waals surface area contributed by atoms with Crippen LogP contribution in [0.15, 0.2) is 48.6 Å². The lowest BCUT2D eigenvalue weighted by molar-refractivity contribution is -0.148. The van der Waals surface area contributed by atoms with Gasteiger partial charge in [-0.05, 0) is 104 Å². The molecule has 4 aliphatic heterocycles. The molecular formula is C43H56ClF2N5O7S. The molecule has 59 heavy (non-hydrogen) atoms. The SMILES string of the molecule is CN1CC/C=C/[C@H](OCCN2CC(F)(F)C2)[C@@H]2CC[C@H]2CN2C[C@@]3(CCCc4cc(Cl)ccc43)COc3ccc(cc32)[C@@](O)(C(=O)NS(=O)(=O)N2CCCCC2)CC1=O. The van der Waals surface area contributed by atoms with Crippen molar-refractivity contribution in [2.45, 2.75) is 87.3 Å². The third kappa shape index (κ3) is 8.88. The van der Waals surface area contributed by atoms with Gasteiger partial charge in [0.25, 0.3) is 11.8 Å². The number of anilines is 1. The summed E-state index contributed by atoms with van der Waals surface area (Å²) in [5.41, 5.74) is 0.110. The van der Waals surface area contributed by atoms with Gasteiger partial charge >= 0.3 is 10.2 Å². The molecule has 3 fully saturated rings. The van der Waals surface area contributed by atoms with Gasteiger partial charge in [0.15, 0.2) is 5.60 Å². The summed E-state index contributed by atoms with van der Waals surface area (Å²) < 4.78 is 70.8. The maximum atomic E-state index is 14.3. The molecule has 0 radical (unpaired) electrons. The van der Waals surface area contributed by atoms with E-state index in [9.17, 15) is 31.9 Å². The zero-order valence-electron chi connectivity index (χ0n) is 33.7. The van der Waals surface area contributed by atoms with Gasteiger partial charge in [0, 0.05) is 56.8 Å². The van der Waals surface area contributed by atoms with Crippen molar-refractivity contribution in [3.63, 3.8) is 0 Å². The number of hydrogen-bond donors (Lipinski definition) is 2. The first-order valence-corrected chi connectivity index (χ1v) is 22.9. The number of hydrogen-bond acceptors (Lipinski definition) is 9. The number of benzene rings is 2. The Hall–Kier alpha value is -3.34. The first-order valence-electron chi connectivity index (χ1n) is 21.1. The molecule has 4 heterocycles. The monoisotopic (exact) mass is 859 g/mol. The highest BCUT2D eigenvalue weighted by molar-refractivity contribution is 7.87. The number of carbonyl (C=O) groups is 2. The second kappa shape index (κ2) is 16.8. The Balaban J connectivity index is 1.16. The van der Waals surface area contributed by atoms with Crippen molar-refractivity contribution in [1.29, 1.82) is 0 Å². The number of fused-ring (bicyclic) bond motifs is 4. The summed E-state index contributed by atoms with van der Waals surface area (Å²) >= 11 is 6.49. The predicted octanol–water partition coefficient (Wildman–Crippen LogP) is 5.02. The number of amides is 2. The van der Waals surface area contributed by atoms with Crippen LogP contribution in [0, 0.1) is 11.8 Å². The van der Waals surface area contributed by atoms with Crippen LogP contribution in [-0.2, 0) is 42.0 Å². The second-order valence-corrected chi connectivity index (χ2v) is 19.8. The van der Waals surface area contributed by atoms with Crippen LogP contribution in [-0.4, -0.2) is 124 Å². The number of aliphatic hydroxyl groups is 1. The topological polar surface area (TPSA) is 132 Å². The minimum Gasteiger partial charge on any atom is -0.490 e. The second-order valence-electron chi connectivity index (χ2n) is 17.7. The molecule has 2 amide bonds. The van der Waals surface area contributed by atoms with Crippen LogP contribution in [0.4, 0.5) is 14.5 Å². The first-order chi connectivity index (χ1) is 28.1. The van der Waals surface area contributed by atoms with Gasteiger partial charge in [-0.3, -0.25) is 14.5 Å². The van der Waals surface area contributed by atoms with Crippen LogP contribution in [0.5, 0.6) is 5.75 Å². The highest BCUT2D eigenvalue weighted by atomic mass is 35.5. The van der Waals surface area contributed by atoms with Crippen molar-refractivity contribution in [3.05, 3.63) is 70.3 Å². The number of aryl methyl sites for hydroxylation is 1. The Morgan fingerprint density at radius 2 is 1.85 bits per heavy atom. The molecule has 2 aliphatic carbocycles. The lowest BCUT2D eigenvalue weighted by Crippen LogP contribution is -2.57. The quantitative estimate of drug-likeness (QED) is 0.369. The van der Waals surface area contributed by atoms with Crippen LogP contribution < -0.4 is 14.4 Å². The number of piperidine rings is 1.